The van der Waals surface area contributed by atoms with Crippen molar-refractivity contribution in [3.63, 3.8) is 0 Å². The Hall–Kier alpha value is -2.28. The van der Waals surface area contributed by atoms with Crippen molar-refractivity contribution in [3.05, 3.63) is 0 Å². The molecular weight excluding hydrogens is 348 g/mol. The molecule has 0 unspecified atom stereocenters. The first-order valence-corrected chi connectivity index (χ1v) is 8.16. The molecule has 26 heavy (non-hydrogen) atoms. The van der Waals surface area contributed by atoms with Gasteiger partial charge in [0.15, 0.2) is 0 Å². The number of hydrogen-bond acceptors (Lipinski definition) is 8. The van der Waals surface area contributed by atoms with Gasteiger partial charge in [-0.2, -0.15) is 0 Å². The van der Waals surface area contributed by atoms with E-state index >= 15 is 0 Å². The Morgan fingerprint density at radius 3 is 2.12 bits per heavy atom. The van der Waals surface area contributed by atoms with E-state index in [4.69, 9.17) is 16.6 Å². The van der Waals surface area contributed by atoms with Gasteiger partial charge in [-0.25, -0.2) is 5.43 Å². The van der Waals surface area contributed by atoms with Crippen molar-refractivity contribution >= 4 is 23.6 Å². The largest absolute Gasteiger partial charge is 0.394 e. The van der Waals surface area contributed by atoms with Crippen LogP contribution in [0.25, 0.3) is 0 Å². The van der Waals surface area contributed by atoms with Crippen LogP contribution in [0.15, 0.2) is 0 Å². The lowest BCUT2D eigenvalue weighted by molar-refractivity contribution is -0.130. The number of unbranched alkanes of at least 4 members (excludes halogenated alkanes) is 2. The van der Waals surface area contributed by atoms with Crippen molar-refractivity contribution in [1.82, 2.24) is 21.5 Å². The third-order valence-electron chi connectivity index (χ3n) is 3.28. The lowest BCUT2D eigenvalue weighted by Crippen LogP contribution is -2.54. The molecule has 4 amide bonds. The minimum absolute atomic E-state index is 0.323. The lowest BCUT2D eigenvalue weighted by Gasteiger charge is -2.17. The van der Waals surface area contributed by atoms with Gasteiger partial charge in [-0.15, -0.1) is 0 Å². The standard InChI is InChI=1S/C14H28N6O6/c15-11(23)4-2-1-3-5-18-20-10(8-22)14(26)17-6-12(24)19-9(7-21)13(16)25/h9-10,18,20-22H,1-8H2,(H2,15,23)(H2,16,25)(H,17,26)(H,19,24)/t9-,10-/m0/s1. The van der Waals surface area contributed by atoms with Crippen molar-refractivity contribution in [3.8, 4) is 0 Å². The minimum atomic E-state index is -1.23. The second kappa shape index (κ2) is 13.9. The van der Waals surface area contributed by atoms with Crippen LogP contribution >= 0.6 is 0 Å². The fourth-order valence-corrected chi connectivity index (χ4v) is 1.82. The van der Waals surface area contributed by atoms with Crippen molar-refractivity contribution < 1.29 is 29.4 Å². The van der Waals surface area contributed by atoms with E-state index < -0.39 is 49.6 Å². The van der Waals surface area contributed by atoms with Gasteiger partial charge in [0, 0.05) is 13.0 Å². The van der Waals surface area contributed by atoms with Crippen LogP contribution in [0, 0.1) is 0 Å². The maximum atomic E-state index is 11.9. The molecule has 0 aliphatic heterocycles. The number of aliphatic hydroxyl groups excluding tert-OH is 2. The first kappa shape index (κ1) is 23.7. The predicted molar refractivity (Wildman–Crippen MR) is 90.9 cm³/mol. The molecular formula is C14H28N6O6. The van der Waals surface area contributed by atoms with E-state index in [1.54, 1.807) is 0 Å². The SMILES string of the molecule is NC(=O)CCCCCNN[C@@H](CO)C(=O)NCC(=O)N[C@@H](CO)C(N)=O. The first-order chi connectivity index (χ1) is 12.3. The molecule has 0 heterocycles. The van der Waals surface area contributed by atoms with Crippen molar-refractivity contribution in [2.24, 2.45) is 11.5 Å². The number of aliphatic hydroxyl groups is 2. The fourth-order valence-electron chi connectivity index (χ4n) is 1.82. The van der Waals surface area contributed by atoms with E-state index in [9.17, 15) is 24.3 Å². The van der Waals surface area contributed by atoms with E-state index in [1.807, 2.05) is 0 Å². The third kappa shape index (κ3) is 11.3. The smallest absolute Gasteiger partial charge is 0.242 e. The van der Waals surface area contributed by atoms with Gasteiger partial charge in [0.05, 0.1) is 19.8 Å². The summed E-state index contributed by atoms with van der Waals surface area (Å²) in [5, 5.41) is 22.5. The van der Waals surface area contributed by atoms with Gasteiger partial charge in [-0.3, -0.25) is 24.6 Å². The number of hydrazine groups is 1. The number of hydrogen-bond donors (Lipinski definition) is 8. The molecule has 0 aromatic carbocycles. The van der Waals surface area contributed by atoms with Crippen LogP contribution in [0.1, 0.15) is 25.7 Å². The highest BCUT2D eigenvalue weighted by atomic mass is 16.3. The quantitative estimate of drug-likeness (QED) is 0.103. The number of amides is 4. The summed E-state index contributed by atoms with van der Waals surface area (Å²) in [6, 6.07) is -2.22. The summed E-state index contributed by atoms with van der Waals surface area (Å²) >= 11 is 0. The van der Waals surface area contributed by atoms with E-state index in [0.29, 0.717) is 19.4 Å². The summed E-state index contributed by atoms with van der Waals surface area (Å²) in [7, 11) is 0. The summed E-state index contributed by atoms with van der Waals surface area (Å²) in [6.07, 6.45) is 2.51. The second-order valence-electron chi connectivity index (χ2n) is 5.51. The van der Waals surface area contributed by atoms with Crippen LogP contribution in [0.2, 0.25) is 0 Å². The van der Waals surface area contributed by atoms with Gasteiger partial charge in [-0.1, -0.05) is 6.42 Å². The summed E-state index contributed by atoms with van der Waals surface area (Å²) in [4.78, 5) is 44.9. The summed E-state index contributed by atoms with van der Waals surface area (Å²) in [6.45, 7) is -1.12. The molecule has 0 saturated heterocycles. The Kier molecular flexibility index (Phi) is 12.7. The molecule has 0 aliphatic carbocycles. The van der Waals surface area contributed by atoms with Gasteiger partial charge >= 0.3 is 0 Å². The van der Waals surface area contributed by atoms with E-state index in [-0.39, 0.29) is 5.91 Å². The molecule has 2 atom stereocenters. The molecule has 12 heteroatoms. The van der Waals surface area contributed by atoms with Crippen molar-refractivity contribution in [1.29, 1.82) is 0 Å². The molecule has 0 aliphatic rings. The van der Waals surface area contributed by atoms with Gasteiger partial charge in [0.1, 0.15) is 12.1 Å². The third-order valence-corrected chi connectivity index (χ3v) is 3.28. The maximum absolute atomic E-state index is 11.9. The highest BCUT2D eigenvalue weighted by Gasteiger charge is 2.20. The van der Waals surface area contributed by atoms with E-state index in [0.717, 1.165) is 12.8 Å². The second-order valence-corrected chi connectivity index (χ2v) is 5.51. The van der Waals surface area contributed by atoms with Crippen molar-refractivity contribution in [2.75, 3.05) is 26.3 Å². The zero-order valence-electron chi connectivity index (χ0n) is 14.5. The maximum Gasteiger partial charge on any atom is 0.242 e. The Balaban J connectivity index is 4.00. The van der Waals surface area contributed by atoms with Crippen LogP contribution < -0.4 is 33.0 Å². The van der Waals surface area contributed by atoms with Gasteiger partial charge in [0.25, 0.3) is 0 Å². The Bertz CT molecular complexity index is 475. The summed E-state index contributed by atoms with van der Waals surface area (Å²) in [5.41, 5.74) is 15.4. The summed E-state index contributed by atoms with van der Waals surface area (Å²) in [5.74, 6) is -2.60. The molecule has 0 aromatic rings. The minimum Gasteiger partial charge on any atom is -0.394 e. The number of carbonyl (C=O) groups excluding carboxylic acids is 4. The van der Waals surface area contributed by atoms with Gasteiger partial charge in [-0.05, 0) is 12.8 Å². The van der Waals surface area contributed by atoms with Crippen LogP contribution in [0.3, 0.4) is 0 Å². The Morgan fingerprint density at radius 2 is 1.58 bits per heavy atom. The molecule has 0 aromatic heterocycles. The number of nitrogens with two attached hydrogens (primary N) is 2. The molecule has 12 nitrogen and oxygen atoms in total. The molecule has 0 bridgehead atoms. The fraction of sp³-hybridized carbons (Fsp3) is 0.714. The first-order valence-electron chi connectivity index (χ1n) is 8.16. The zero-order valence-corrected chi connectivity index (χ0v) is 14.5. The molecule has 0 rings (SSSR count). The van der Waals surface area contributed by atoms with Crippen LogP contribution in [0.5, 0.6) is 0 Å². The number of nitrogens with one attached hydrogen (secondary N) is 4. The van der Waals surface area contributed by atoms with E-state index in [1.165, 1.54) is 0 Å². The summed E-state index contributed by atoms with van der Waals surface area (Å²) < 4.78 is 0. The molecule has 0 fully saturated rings. The Labute approximate surface area is 151 Å². The Morgan fingerprint density at radius 1 is 0.923 bits per heavy atom. The van der Waals surface area contributed by atoms with Crippen LogP contribution in [-0.2, 0) is 19.2 Å². The average Bonchev–Trinajstić information content (AvgIpc) is 2.59. The van der Waals surface area contributed by atoms with Gasteiger partial charge < -0.3 is 32.3 Å². The average molecular weight is 376 g/mol. The van der Waals surface area contributed by atoms with Gasteiger partial charge in [0.2, 0.25) is 23.6 Å². The number of carbonyl (C=O) groups is 4. The molecule has 0 spiro atoms. The van der Waals surface area contributed by atoms with Crippen LogP contribution in [-0.4, -0.2) is 72.2 Å². The van der Waals surface area contributed by atoms with Crippen LogP contribution in [0.4, 0.5) is 0 Å². The number of rotatable bonds is 15. The zero-order chi connectivity index (χ0) is 19.9. The number of primary amides is 2. The monoisotopic (exact) mass is 376 g/mol. The topological polar surface area (TPSA) is 209 Å². The van der Waals surface area contributed by atoms with Crippen molar-refractivity contribution in [2.45, 2.75) is 37.8 Å². The molecule has 150 valence electrons. The predicted octanol–water partition coefficient (Wildman–Crippen LogP) is -4.43. The normalized spacial score (nSPS) is 12.8. The van der Waals surface area contributed by atoms with E-state index in [2.05, 4.69) is 21.5 Å². The molecule has 10 N–H and O–H groups in total. The highest BCUT2D eigenvalue weighted by molar-refractivity contribution is 5.90. The highest BCUT2D eigenvalue weighted by Crippen LogP contribution is 1.97. The lowest BCUT2D eigenvalue weighted by atomic mass is 10.2. The molecule has 0 radical (unpaired) electrons. The molecule has 0 saturated carbocycles.